The summed E-state index contributed by atoms with van der Waals surface area (Å²) in [5, 5.41) is 12.1. The number of nitrogens with zero attached hydrogens (tertiary/aromatic N) is 2. The zero-order valence-electron chi connectivity index (χ0n) is 18.7. The van der Waals surface area contributed by atoms with Gasteiger partial charge in [0, 0.05) is 13.6 Å². The van der Waals surface area contributed by atoms with Crippen molar-refractivity contribution in [3.63, 3.8) is 0 Å². The fourth-order valence-corrected chi connectivity index (χ4v) is 5.29. The van der Waals surface area contributed by atoms with Crippen molar-refractivity contribution in [2.75, 3.05) is 16.1 Å². The van der Waals surface area contributed by atoms with Crippen LogP contribution in [0.3, 0.4) is 0 Å². The van der Waals surface area contributed by atoms with Crippen LogP contribution in [0.1, 0.15) is 39.9 Å². The molecule has 8 heteroatoms. The first kappa shape index (κ1) is 22.0. The lowest BCUT2D eigenvalue weighted by Crippen LogP contribution is -2.25. The Morgan fingerprint density at radius 2 is 1.91 bits per heavy atom. The van der Waals surface area contributed by atoms with Crippen LogP contribution in [0, 0.1) is 17.2 Å². The van der Waals surface area contributed by atoms with Crippen LogP contribution >= 0.6 is 0 Å². The quantitative estimate of drug-likeness (QED) is 0.561. The van der Waals surface area contributed by atoms with Crippen molar-refractivity contribution in [2.45, 2.75) is 25.8 Å². The van der Waals surface area contributed by atoms with Gasteiger partial charge in [0.15, 0.2) is 0 Å². The normalized spacial score (nSPS) is 15.8. The van der Waals surface area contributed by atoms with E-state index in [1.54, 1.807) is 31.3 Å². The zero-order chi connectivity index (χ0) is 23.9. The van der Waals surface area contributed by atoms with Crippen molar-refractivity contribution < 1.29 is 13.2 Å². The molecule has 0 radical (unpaired) electrons. The number of carbonyl (C=O) groups excluding carboxylic acids is 1. The molecule has 2 aliphatic rings. The van der Waals surface area contributed by atoms with E-state index in [4.69, 9.17) is 0 Å². The maximum absolute atomic E-state index is 12.6. The van der Waals surface area contributed by atoms with Gasteiger partial charge in [-0.15, -0.1) is 0 Å². The Labute approximate surface area is 199 Å². The summed E-state index contributed by atoms with van der Waals surface area (Å²) >= 11 is 0. The monoisotopic (exact) mass is 472 g/mol. The average molecular weight is 473 g/mol. The summed E-state index contributed by atoms with van der Waals surface area (Å²) in [7, 11) is -2.01. The van der Waals surface area contributed by atoms with Crippen LogP contribution in [0.4, 0.5) is 11.4 Å². The van der Waals surface area contributed by atoms with Crippen molar-refractivity contribution in [2.24, 2.45) is 5.92 Å². The number of hydrogen-bond acceptors (Lipinski definition) is 4. The average Bonchev–Trinajstić information content (AvgIpc) is 3.63. The third-order valence-electron chi connectivity index (χ3n) is 6.34. The highest BCUT2D eigenvalue weighted by atomic mass is 32.2. The molecule has 0 atom stereocenters. The third-order valence-corrected chi connectivity index (χ3v) is 7.72. The van der Waals surface area contributed by atoms with Gasteiger partial charge in [-0.1, -0.05) is 30.3 Å². The summed E-state index contributed by atoms with van der Waals surface area (Å²) in [6.07, 6.45) is 3.19. The van der Waals surface area contributed by atoms with Gasteiger partial charge in [0.05, 0.1) is 28.6 Å². The molecule has 34 heavy (non-hydrogen) atoms. The number of fused-ring (bicyclic) bond motifs is 1. The van der Waals surface area contributed by atoms with Gasteiger partial charge in [0.1, 0.15) is 0 Å². The van der Waals surface area contributed by atoms with E-state index in [1.807, 2.05) is 36.4 Å². The lowest BCUT2D eigenvalue weighted by atomic mass is 9.96. The lowest BCUT2D eigenvalue weighted by molar-refractivity contribution is 0.0950. The number of rotatable bonds is 6. The molecule has 3 aromatic rings. The molecule has 1 heterocycles. The van der Waals surface area contributed by atoms with Crippen molar-refractivity contribution in [1.29, 1.82) is 5.26 Å². The predicted octanol–water partition coefficient (Wildman–Crippen LogP) is 4.21. The highest BCUT2D eigenvalue weighted by Gasteiger charge is 2.33. The van der Waals surface area contributed by atoms with E-state index in [0.717, 1.165) is 28.7 Å². The molecule has 5 rings (SSSR count). The molecule has 3 aromatic carbocycles. The van der Waals surface area contributed by atoms with Gasteiger partial charge in [-0.05, 0) is 77.8 Å². The molecule has 1 aliphatic heterocycles. The Morgan fingerprint density at radius 1 is 1.12 bits per heavy atom. The minimum atomic E-state index is -3.57. The largest absolute Gasteiger partial charge is 0.348 e. The molecule has 1 amide bonds. The summed E-state index contributed by atoms with van der Waals surface area (Å²) in [6, 6.07) is 20.5. The predicted molar refractivity (Wildman–Crippen MR) is 132 cm³/mol. The Hall–Kier alpha value is -3.83. The maximum atomic E-state index is 12.6. The minimum Gasteiger partial charge on any atom is -0.348 e. The van der Waals surface area contributed by atoms with Crippen LogP contribution in [0.2, 0.25) is 0 Å². The summed E-state index contributed by atoms with van der Waals surface area (Å²) in [4.78, 5) is 12.6. The van der Waals surface area contributed by atoms with E-state index in [2.05, 4.69) is 16.1 Å². The fraction of sp³-hybridized carbons (Fsp3) is 0.231. The molecule has 0 spiro atoms. The molecule has 0 saturated heterocycles. The molecular formula is C26H24N4O3S. The van der Waals surface area contributed by atoms with Crippen molar-refractivity contribution in [1.82, 2.24) is 5.32 Å². The Kier molecular flexibility index (Phi) is 5.50. The second-order valence-corrected chi connectivity index (χ2v) is 10.5. The summed E-state index contributed by atoms with van der Waals surface area (Å²) in [6.45, 7) is 0.308. The Morgan fingerprint density at radius 3 is 2.68 bits per heavy atom. The van der Waals surface area contributed by atoms with Crippen LogP contribution in [0.5, 0.6) is 0 Å². The number of anilines is 2. The molecule has 7 nitrogen and oxygen atoms in total. The highest BCUT2D eigenvalue weighted by Crippen LogP contribution is 2.44. The molecule has 0 bridgehead atoms. The van der Waals surface area contributed by atoms with Crippen molar-refractivity contribution in [3.05, 3.63) is 82.9 Å². The van der Waals surface area contributed by atoms with Gasteiger partial charge < -0.3 is 5.32 Å². The number of carbonyl (C=O) groups is 1. The van der Waals surface area contributed by atoms with Crippen LogP contribution in [0.25, 0.3) is 11.1 Å². The minimum absolute atomic E-state index is 0.301. The molecule has 0 unspecified atom stereocenters. The van der Waals surface area contributed by atoms with Gasteiger partial charge in [0.25, 0.3) is 5.91 Å². The summed E-state index contributed by atoms with van der Waals surface area (Å²) in [5.41, 5.74) is 5.81. The van der Waals surface area contributed by atoms with E-state index >= 15 is 0 Å². The van der Waals surface area contributed by atoms with Gasteiger partial charge in [-0.25, -0.2) is 0 Å². The zero-order valence-corrected chi connectivity index (χ0v) is 19.5. The highest BCUT2D eigenvalue weighted by molar-refractivity contribution is 7.94. The molecule has 2 N–H and O–H groups in total. The van der Waals surface area contributed by atoms with Crippen LogP contribution in [-0.2, 0) is 23.2 Å². The van der Waals surface area contributed by atoms with E-state index < -0.39 is 10.2 Å². The van der Waals surface area contributed by atoms with Crippen LogP contribution in [-0.4, -0.2) is 21.4 Å². The molecule has 1 fully saturated rings. The van der Waals surface area contributed by atoms with Gasteiger partial charge in [0.2, 0.25) is 0 Å². The van der Waals surface area contributed by atoms with Gasteiger partial charge in [-0.2, -0.15) is 13.7 Å². The first-order chi connectivity index (χ1) is 16.4. The number of amides is 1. The first-order valence-electron chi connectivity index (χ1n) is 11.2. The molecule has 1 aliphatic carbocycles. The van der Waals surface area contributed by atoms with E-state index in [-0.39, 0.29) is 5.91 Å². The second-order valence-electron chi connectivity index (χ2n) is 8.79. The van der Waals surface area contributed by atoms with Crippen molar-refractivity contribution >= 4 is 27.5 Å². The topological polar surface area (TPSA) is 102 Å². The van der Waals surface area contributed by atoms with Crippen LogP contribution in [0.15, 0.2) is 60.7 Å². The lowest BCUT2D eigenvalue weighted by Gasteiger charge is -2.14. The molecule has 172 valence electrons. The first-order valence-corrected chi connectivity index (χ1v) is 12.6. The third kappa shape index (κ3) is 4.22. The van der Waals surface area contributed by atoms with E-state index in [0.29, 0.717) is 35.0 Å². The Balaban J connectivity index is 1.42. The van der Waals surface area contributed by atoms with E-state index in [1.165, 1.54) is 17.1 Å². The molecular weight excluding hydrogens is 448 g/mol. The maximum Gasteiger partial charge on any atom is 0.323 e. The van der Waals surface area contributed by atoms with Crippen molar-refractivity contribution in [3.8, 4) is 17.2 Å². The van der Waals surface area contributed by atoms with Gasteiger partial charge in [-0.3, -0.25) is 13.8 Å². The van der Waals surface area contributed by atoms with Crippen LogP contribution < -0.4 is 14.3 Å². The van der Waals surface area contributed by atoms with Gasteiger partial charge >= 0.3 is 10.2 Å². The number of nitrogens with one attached hydrogen (secondary N) is 2. The Bertz CT molecular complexity index is 1440. The number of nitriles is 1. The summed E-state index contributed by atoms with van der Waals surface area (Å²) < 4.78 is 28.9. The smallest absolute Gasteiger partial charge is 0.323 e. The molecule has 0 aromatic heterocycles. The molecule has 1 saturated carbocycles. The number of benzene rings is 3. The van der Waals surface area contributed by atoms with E-state index in [9.17, 15) is 18.5 Å². The number of hydrogen-bond donors (Lipinski definition) is 2. The summed E-state index contributed by atoms with van der Waals surface area (Å²) in [5.74, 6) is 0.303. The standard InChI is InChI=1S/C26H24N4O3S/c1-30-24-14-21(13-22(11-17-9-10-17)25(24)29-34(30,32)33)19-7-4-5-18(12-19)16-28-26(31)23-8-3-2-6-20(23)15-27/h2-8,12-14,17,29H,9-11,16H2,1H3,(H,28,31). The fourth-order valence-electron chi connectivity index (χ4n) is 4.26. The SMILES string of the molecule is CN1c2cc(-c3cccc(CNC(=O)c4ccccc4C#N)c3)cc(CC3CC3)c2NS1(=O)=O. The second kappa shape index (κ2) is 8.50.